The van der Waals surface area contributed by atoms with Gasteiger partial charge in [0.1, 0.15) is 5.75 Å². The Morgan fingerprint density at radius 1 is 1.08 bits per heavy atom. The molecule has 1 aliphatic rings. The van der Waals surface area contributed by atoms with E-state index in [0.29, 0.717) is 17.6 Å². The fourth-order valence-corrected chi connectivity index (χ4v) is 2.87. The molecule has 136 valence electrons. The molecule has 0 spiro atoms. The molecule has 1 saturated heterocycles. The van der Waals surface area contributed by atoms with Crippen LogP contribution in [-0.2, 0) is 4.79 Å². The largest absolute Gasteiger partial charge is 0.483 e. The third kappa shape index (κ3) is 4.61. The van der Waals surface area contributed by atoms with Crippen LogP contribution in [0.4, 0.5) is 11.4 Å². The van der Waals surface area contributed by atoms with E-state index in [1.165, 1.54) is 0 Å². The van der Waals surface area contributed by atoms with Gasteiger partial charge < -0.3 is 19.9 Å². The third-order valence-electron chi connectivity index (χ3n) is 4.42. The van der Waals surface area contributed by atoms with Crippen LogP contribution in [0.25, 0.3) is 0 Å². The number of rotatable bonds is 6. The Hall–Kier alpha value is -2.86. The summed E-state index contributed by atoms with van der Waals surface area (Å²) in [6.07, 6.45) is 0.713. The minimum Gasteiger partial charge on any atom is -0.483 e. The van der Waals surface area contributed by atoms with Crippen molar-refractivity contribution in [2.75, 3.05) is 50.1 Å². The summed E-state index contributed by atoms with van der Waals surface area (Å²) in [5.74, 6) is 0.140. The standard InChI is InChI=1S/C20H23N3O3/c1-22-10-12-23(13-11-22)18-8-6-17(7-9-18)21-20(25)15-26-19-5-3-2-4-16(19)14-24/h2-9,14H,10-13,15H2,1H3,(H,21,25). The van der Waals surface area contributed by atoms with E-state index in [4.69, 9.17) is 4.74 Å². The molecule has 3 rings (SSSR count). The number of carbonyl (C=O) groups excluding carboxylic acids is 2. The first-order valence-corrected chi connectivity index (χ1v) is 8.66. The molecular formula is C20H23N3O3. The van der Waals surface area contributed by atoms with Crippen molar-refractivity contribution in [1.82, 2.24) is 4.90 Å². The predicted octanol–water partition coefficient (Wildman–Crippen LogP) is 2.27. The average molecular weight is 353 g/mol. The van der Waals surface area contributed by atoms with Gasteiger partial charge in [0.05, 0.1) is 5.56 Å². The summed E-state index contributed by atoms with van der Waals surface area (Å²) in [5.41, 5.74) is 2.31. The number of hydrogen-bond donors (Lipinski definition) is 1. The molecule has 1 N–H and O–H groups in total. The van der Waals surface area contributed by atoms with E-state index in [1.54, 1.807) is 24.3 Å². The van der Waals surface area contributed by atoms with Gasteiger partial charge in [0.15, 0.2) is 12.9 Å². The molecule has 1 fully saturated rings. The van der Waals surface area contributed by atoms with Gasteiger partial charge in [-0.05, 0) is 43.4 Å². The van der Waals surface area contributed by atoms with Crippen LogP contribution in [0.3, 0.4) is 0 Å². The van der Waals surface area contributed by atoms with Gasteiger partial charge in [-0.3, -0.25) is 9.59 Å². The SMILES string of the molecule is CN1CCN(c2ccc(NC(=O)COc3ccccc3C=O)cc2)CC1. The van der Waals surface area contributed by atoms with Crippen LogP contribution in [-0.4, -0.2) is 56.9 Å². The molecule has 2 aromatic carbocycles. The second-order valence-corrected chi connectivity index (χ2v) is 6.33. The average Bonchev–Trinajstić information content (AvgIpc) is 2.68. The number of nitrogens with zero attached hydrogens (tertiary/aromatic N) is 2. The number of piperazine rings is 1. The van der Waals surface area contributed by atoms with Crippen LogP contribution in [0.5, 0.6) is 5.75 Å². The Kier molecular flexibility index (Phi) is 5.86. The van der Waals surface area contributed by atoms with Crippen molar-refractivity contribution in [1.29, 1.82) is 0 Å². The predicted molar refractivity (Wildman–Crippen MR) is 102 cm³/mol. The number of aldehydes is 1. The van der Waals surface area contributed by atoms with Crippen LogP contribution in [0.2, 0.25) is 0 Å². The van der Waals surface area contributed by atoms with Crippen molar-refractivity contribution < 1.29 is 14.3 Å². The van der Waals surface area contributed by atoms with Crippen molar-refractivity contribution in [3.05, 3.63) is 54.1 Å². The lowest BCUT2D eigenvalue weighted by Crippen LogP contribution is -2.44. The summed E-state index contributed by atoms with van der Waals surface area (Å²) < 4.78 is 5.43. The van der Waals surface area contributed by atoms with E-state index in [2.05, 4.69) is 22.2 Å². The number of benzene rings is 2. The number of anilines is 2. The molecule has 6 nitrogen and oxygen atoms in total. The first-order valence-electron chi connectivity index (χ1n) is 8.66. The Bertz CT molecular complexity index is 753. The van der Waals surface area contributed by atoms with Gasteiger partial charge in [-0.2, -0.15) is 0 Å². The summed E-state index contributed by atoms with van der Waals surface area (Å²) in [6.45, 7) is 3.97. The quantitative estimate of drug-likeness (QED) is 0.807. The highest BCUT2D eigenvalue weighted by atomic mass is 16.5. The summed E-state index contributed by atoms with van der Waals surface area (Å²) in [5, 5.41) is 2.81. The van der Waals surface area contributed by atoms with Crippen LogP contribution in [0.15, 0.2) is 48.5 Å². The summed E-state index contributed by atoms with van der Waals surface area (Å²) in [6, 6.07) is 14.7. The van der Waals surface area contributed by atoms with Gasteiger partial charge in [0.2, 0.25) is 0 Å². The zero-order chi connectivity index (χ0) is 18.4. The zero-order valence-electron chi connectivity index (χ0n) is 14.9. The summed E-state index contributed by atoms with van der Waals surface area (Å²) in [4.78, 5) is 27.7. The number of ether oxygens (including phenoxy) is 1. The van der Waals surface area contributed by atoms with Gasteiger partial charge in [-0.25, -0.2) is 0 Å². The Labute approximate surface area is 153 Å². The lowest BCUT2D eigenvalue weighted by molar-refractivity contribution is -0.118. The zero-order valence-corrected chi connectivity index (χ0v) is 14.9. The van der Waals surface area contributed by atoms with Crippen molar-refractivity contribution >= 4 is 23.6 Å². The minimum absolute atomic E-state index is 0.148. The van der Waals surface area contributed by atoms with Crippen LogP contribution in [0, 0.1) is 0 Å². The molecular weight excluding hydrogens is 330 g/mol. The lowest BCUT2D eigenvalue weighted by Gasteiger charge is -2.34. The lowest BCUT2D eigenvalue weighted by atomic mass is 10.2. The molecule has 0 bridgehead atoms. The normalized spacial score (nSPS) is 14.7. The van der Waals surface area contributed by atoms with Crippen molar-refractivity contribution in [3.63, 3.8) is 0 Å². The van der Waals surface area contributed by atoms with E-state index < -0.39 is 0 Å². The summed E-state index contributed by atoms with van der Waals surface area (Å²) >= 11 is 0. The smallest absolute Gasteiger partial charge is 0.262 e. The molecule has 6 heteroatoms. The molecule has 0 aliphatic carbocycles. The van der Waals surface area contributed by atoms with E-state index >= 15 is 0 Å². The van der Waals surface area contributed by atoms with Crippen molar-refractivity contribution in [2.24, 2.45) is 0 Å². The number of carbonyl (C=O) groups is 2. The summed E-state index contributed by atoms with van der Waals surface area (Å²) in [7, 11) is 2.13. The molecule has 26 heavy (non-hydrogen) atoms. The molecule has 0 aromatic heterocycles. The maximum absolute atomic E-state index is 12.1. The van der Waals surface area contributed by atoms with E-state index in [9.17, 15) is 9.59 Å². The van der Waals surface area contributed by atoms with Crippen molar-refractivity contribution in [3.8, 4) is 5.75 Å². The van der Waals surface area contributed by atoms with E-state index in [-0.39, 0.29) is 12.5 Å². The molecule has 1 heterocycles. The number of likely N-dealkylation sites (N-methyl/N-ethyl adjacent to an activating group) is 1. The number of nitrogens with one attached hydrogen (secondary N) is 1. The van der Waals surface area contributed by atoms with E-state index in [1.807, 2.05) is 24.3 Å². The maximum Gasteiger partial charge on any atom is 0.262 e. The monoisotopic (exact) mass is 353 g/mol. The Balaban J connectivity index is 1.52. The number of amides is 1. The molecule has 0 unspecified atom stereocenters. The molecule has 0 radical (unpaired) electrons. The van der Waals surface area contributed by atoms with Gasteiger partial charge in [0, 0.05) is 37.6 Å². The fourth-order valence-electron chi connectivity index (χ4n) is 2.87. The van der Waals surface area contributed by atoms with Crippen LogP contribution < -0.4 is 15.0 Å². The highest BCUT2D eigenvalue weighted by Crippen LogP contribution is 2.20. The van der Waals surface area contributed by atoms with Gasteiger partial charge in [0.25, 0.3) is 5.91 Å². The molecule has 0 atom stereocenters. The highest BCUT2D eigenvalue weighted by molar-refractivity contribution is 5.92. The van der Waals surface area contributed by atoms with Gasteiger partial charge in [-0.15, -0.1) is 0 Å². The number of para-hydroxylation sites is 1. The molecule has 1 aliphatic heterocycles. The Morgan fingerprint density at radius 2 is 1.77 bits per heavy atom. The van der Waals surface area contributed by atoms with Gasteiger partial charge >= 0.3 is 0 Å². The molecule has 0 saturated carbocycles. The second-order valence-electron chi connectivity index (χ2n) is 6.33. The fraction of sp³-hybridized carbons (Fsp3) is 0.300. The maximum atomic E-state index is 12.1. The third-order valence-corrected chi connectivity index (χ3v) is 4.42. The molecule has 1 amide bonds. The minimum atomic E-state index is -0.266. The first kappa shape index (κ1) is 17.9. The Morgan fingerprint density at radius 3 is 2.46 bits per heavy atom. The van der Waals surface area contributed by atoms with E-state index in [0.717, 1.165) is 37.6 Å². The van der Waals surface area contributed by atoms with Crippen molar-refractivity contribution in [2.45, 2.75) is 0 Å². The second kappa shape index (κ2) is 8.49. The van der Waals surface area contributed by atoms with Gasteiger partial charge in [-0.1, -0.05) is 12.1 Å². The highest BCUT2D eigenvalue weighted by Gasteiger charge is 2.14. The van der Waals surface area contributed by atoms with Crippen LogP contribution in [0.1, 0.15) is 10.4 Å². The van der Waals surface area contributed by atoms with Crippen LogP contribution >= 0.6 is 0 Å². The first-order chi connectivity index (χ1) is 12.7. The number of hydrogen-bond acceptors (Lipinski definition) is 5. The topological polar surface area (TPSA) is 61.9 Å². The molecule has 2 aromatic rings.